The molecule has 0 spiro atoms. The van der Waals surface area contributed by atoms with Crippen LogP contribution < -0.4 is 5.32 Å². The summed E-state index contributed by atoms with van der Waals surface area (Å²) in [5.41, 5.74) is 1.67. The van der Waals surface area contributed by atoms with Crippen LogP contribution in [-0.4, -0.2) is 42.4 Å². The molecule has 0 aliphatic heterocycles. The Labute approximate surface area is 175 Å². The summed E-state index contributed by atoms with van der Waals surface area (Å²) in [6.07, 6.45) is 2.48. The summed E-state index contributed by atoms with van der Waals surface area (Å²) < 4.78 is 5.11. The zero-order valence-corrected chi connectivity index (χ0v) is 17.8. The van der Waals surface area contributed by atoms with Gasteiger partial charge in [-0.05, 0) is 49.3 Å². The normalized spacial score (nSPS) is 10.4. The molecular weight excluding hydrogens is 388 g/mol. The Morgan fingerprint density at radius 2 is 1.93 bits per heavy atom. The minimum Gasteiger partial charge on any atom is -0.456 e. The van der Waals surface area contributed by atoms with Gasteiger partial charge in [0.2, 0.25) is 5.91 Å². The number of anilines is 1. The molecule has 2 aromatic rings. The van der Waals surface area contributed by atoms with Crippen LogP contribution in [0.25, 0.3) is 0 Å². The summed E-state index contributed by atoms with van der Waals surface area (Å²) in [5, 5.41) is 4.82. The van der Waals surface area contributed by atoms with Crippen LogP contribution in [0.15, 0.2) is 41.8 Å². The summed E-state index contributed by atoms with van der Waals surface area (Å²) in [5.74, 6) is -1.03. The summed E-state index contributed by atoms with van der Waals surface area (Å²) in [4.78, 5) is 39.3. The Hall–Kier alpha value is -2.67. The van der Waals surface area contributed by atoms with E-state index in [1.165, 1.54) is 9.78 Å². The topological polar surface area (TPSA) is 75.7 Å². The average Bonchev–Trinajstić information content (AvgIpc) is 3.21. The van der Waals surface area contributed by atoms with E-state index in [1.807, 2.05) is 55.6 Å². The zero-order chi connectivity index (χ0) is 21.1. The van der Waals surface area contributed by atoms with E-state index >= 15 is 0 Å². The fourth-order valence-electron chi connectivity index (χ4n) is 2.81. The van der Waals surface area contributed by atoms with Crippen LogP contribution in [0, 0.1) is 6.92 Å². The minimum absolute atomic E-state index is 0.0725. The second kappa shape index (κ2) is 12.0. The van der Waals surface area contributed by atoms with Crippen molar-refractivity contribution in [3.63, 3.8) is 0 Å². The number of aryl methyl sites for hydroxylation is 2. The highest BCUT2D eigenvalue weighted by Gasteiger charge is 2.18. The Bertz CT molecular complexity index is 805. The maximum atomic E-state index is 12.4. The number of thiophene rings is 1. The van der Waals surface area contributed by atoms with Crippen LogP contribution in [0.1, 0.15) is 36.6 Å². The highest BCUT2D eigenvalue weighted by Crippen LogP contribution is 2.13. The molecule has 7 heteroatoms. The van der Waals surface area contributed by atoms with E-state index in [0.717, 1.165) is 17.7 Å². The maximum Gasteiger partial charge on any atom is 0.306 e. The van der Waals surface area contributed by atoms with Crippen LogP contribution in [0.5, 0.6) is 0 Å². The van der Waals surface area contributed by atoms with Crippen molar-refractivity contribution in [3.8, 4) is 0 Å². The number of ether oxygens (including phenoxy) is 1. The van der Waals surface area contributed by atoms with Crippen molar-refractivity contribution in [3.05, 3.63) is 52.2 Å². The van der Waals surface area contributed by atoms with Gasteiger partial charge in [0.15, 0.2) is 6.61 Å². The number of hydrogen-bond acceptors (Lipinski definition) is 5. The van der Waals surface area contributed by atoms with Crippen molar-refractivity contribution < 1.29 is 19.1 Å². The van der Waals surface area contributed by atoms with Crippen molar-refractivity contribution in [2.24, 2.45) is 0 Å². The molecule has 0 atom stereocenters. The van der Waals surface area contributed by atoms with Crippen molar-refractivity contribution in [2.75, 3.05) is 25.0 Å². The molecule has 0 aliphatic rings. The summed E-state index contributed by atoms with van der Waals surface area (Å²) >= 11 is 1.66. The first-order valence-corrected chi connectivity index (χ1v) is 10.7. The molecule has 6 nitrogen and oxygen atoms in total. The van der Waals surface area contributed by atoms with Gasteiger partial charge in [-0.15, -0.1) is 11.3 Å². The Morgan fingerprint density at radius 3 is 2.62 bits per heavy atom. The van der Waals surface area contributed by atoms with Gasteiger partial charge in [-0.1, -0.05) is 31.2 Å². The van der Waals surface area contributed by atoms with E-state index in [9.17, 15) is 14.4 Å². The van der Waals surface area contributed by atoms with Crippen LogP contribution in [0.3, 0.4) is 0 Å². The number of para-hydroxylation sites is 1. The number of hydrogen-bond donors (Lipinski definition) is 1. The van der Waals surface area contributed by atoms with Crippen LogP contribution in [0.4, 0.5) is 5.69 Å². The molecule has 0 unspecified atom stereocenters. The number of esters is 1. The van der Waals surface area contributed by atoms with E-state index in [1.54, 1.807) is 11.3 Å². The zero-order valence-electron chi connectivity index (χ0n) is 17.0. The lowest BCUT2D eigenvalue weighted by Crippen LogP contribution is -2.40. The van der Waals surface area contributed by atoms with Gasteiger partial charge >= 0.3 is 5.97 Å². The van der Waals surface area contributed by atoms with Crippen molar-refractivity contribution in [1.82, 2.24) is 4.90 Å². The smallest absolute Gasteiger partial charge is 0.306 e. The van der Waals surface area contributed by atoms with Gasteiger partial charge in [-0.3, -0.25) is 14.4 Å². The lowest BCUT2D eigenvalue weighted by molar-refractivity contribution is -0.152. The van der Waals surface area contributed by atoms with Crippen molar-refractivity contribution in [2.45, 2.75) is 39.5 Å². The third kappa shape index (κ3) is 8.07. The van der Waals surface area contributed by atoms with E-state index in [2.05, 4.69) is 5.32 Å². The molecule has 29 heavy (non-hydrogen) atoms. The molecule has 1 aromatic heterocycles. The lowest BCUT2D eigenvalue weighted by Gasteiger charge is -2.21. The van der Waals surface area contributed by atoms with E-state index < -0.39 is 5.97 Å². The molecule has 1 aromatic carbocycles. The summed E-state index contributed by atoms with van der Waals surface area (Å²) in [6, 6.07) is 11.5. The molecular formula is C22H28N2O4S. The number of amides is 2. The molecule has 2 rings (SSSR count). The van der Waals surface area contributed by atoms with Gasteiger partial charge < -0.3 is 15.0 Å². The molecule has 0 radical (unpaired) electrons. The maximum absolute atomic E-state index is 12.4. The minimum atomic E-state index is -0.393. The molecule has 0 bridgehead atoms. The third-order valence-electron chi connectivity index (χ3n) is 4.34. The fourth-order valence-corrected chi connectivity index (χ4v) is 3.56. The third-order valence-corrected chi connectivity index (χ3v) is 5.28. The highest BCUT2D eigenvalue weighted by molar-refractivity contribution is 7.09. The number of benzene rings is 1. The fraction of sp³-hybridized carbons (Fsp3) is 0.409. The van der Waals surface area contributed by atoms with Gasteiger partial charge in [0.05, 0.1) is 6.54 Å². The predicted molar refractivity (Wildman–Crippen MR) is 115 cm³/mol. The Kier molecular flexibility index (Phi) is 9.37. The monoisotopic (exact) mass is 416 g/mol. The van der Waals surface area contributed by atoms with Gasteiger partial charge in [0.25, 0.3) is 5.91 Å². The SMILES string of the molecule is CCCN(CC(=O)Nc1ccccc1C)C(=O)COC(=O)CCCc1cccs1. The molecule has 0 aliphatic carbocycles. The van der Waals surface area contributed by atoms with Gasteiger partial charge in [0.1, 0.15) is 0 Å². The molecule has 0 saturated carbocycles. The average molecular weight is 417 g/mol. The molecule has 1 heterocycles. The van der Waals surface area contributed by atoms with Gasteiger partial charge in [-0.25, -0.2) is 0 Å². The van der Waals surface area contributed by atoms with Crippen LogP contribution >= 0.6 is 11.3 Å². The summed E-state index contributed by atoms with van der Waals surface area (Å²) in [6.45, 7) is 3.85. The second-order valence-electron chi connectivity index (χ2n) is 6.77. The molecule has 1 N–H and O–H groups in total. The van der Waals surface area contributed by atoms with E-state index in [-0.39, 0.29) is 31.4 Å². The predicted octanol–water partition coefficient (Wildman–Crippen LogP) is 3.80. The number of nitrogens with one attached hydrogen (secondary N) is 1. The first kappa shape index (κ1) is 22.6. The summed E-state index contributed by atoms with van der Waals surface area (Å²) in [7, 11) is 0. The van der Waals surface area contributed by atoms with Crippen molar-refractivity contribution in [1.29, 1.82) is 0 Å². The number of rotatable bonds is 11. The first-order chi connectivity index (χ1) is 14.0. The number of carbonyl (C=O) groups is 3. The number of carbonyl (C=O) groups excluding carboxylic acids is 3. The highest BCUT2D eigenvalue weighted by atomic mass is 32.1. The first-order valence-electron chi connectivity index (χ1n) is 9.81. The van der Waals surface area contributed by atoms with Gasteiger partial charge in [-0.2, -0.15) is 0 Å². The van der Waals surface area contributed by atoms with Crippen LogP contribution in [-0.2, 0) is 25.5 Å². The molecule has 156 valence electrons. The van der Waals surface area contributed by atoms with Gasteiger partial charge in [0, 0.05) is 23.5 Å². The van der Waals surface area contributed by atoms with E-state index in [4.69, 9.17) is 4.74 Å². The van der Waals surface area contributed by atoms with Crippen molar-refractivity contribution >= 4 is 34.8 Å². The van der Waals surface area contributed by atoms with Crippen LogP contribution in [0.2, 0.25) is 0 Å². The largest absolute Gasteiger partial charge is 0.456 e. The second-order valence-corrected chi connectivity index (χ2v) is 7.80. The molecule has 2 amide bonds. The quantitative estimate of drug-likeness (QED) is 0.566. The Balaban J connectivity index is 1.76. The molecule has 0 fully saturated rings. The Morgan fingerprint density at radius 1 is 1.14 bits per heavy atom. The molecule has 0 saturated heterocycles. The number of nitrogens with zero attached hydrogens (tertiary/aromatic N) is 1. The standard InChI is InChI=1S/C22H28N2O4S/c1-3-13-24(15-20(25)23-19-11-5-4-8-17(19)2)21(26)16-28-22(27)12-6-9-18-10-7-14-29-18/h4-5,7-8,10-11,14H,3,6,9,12-13,15-16H2,1-2H3,(H,23,25). The lowest BCUT2D eigenvalue weighted by atomic mass is 10.2. The van der Waals surface area contributed by atoms with E-state index in [0.29, 0.717) is 19.4 Å².